The van der Waals surface area contributed by atoms with Gasteiger partial charge in [0.05, 0.1) is 17.4 Å². The van der Waals surface area contributed by atoms with E-state index in [4.69, 9.17) is 4.42 Å². The number of para-hydroxylation sites is 1. The standard InChI is InChI=1S/C30H25N7O3S/c1-20-13-14-25(40-20)29-33-35-36(34-29)19-27(38)37(23-16-22-10-5-6-11-24(22)31-18-23)28(26-12-7-15-41-26)30(39)32-17-21-8-3-2-4-9-21/h2-16,18,28H,17,19H2,1H3,(H,32,39). The minimum Gasteiger partial charge on any atom is -0.458 e. The predicted octanol–water partition coefficient (Wildman–Crippen LogP) is 4.94. The summed E-state index contributed by atoms with van der Waals surface area (Å²) in [6, 6.07) is 25.4. The van der Waals surface area contributed by atoms with Crippen molar-refractivity contribution in [3.8, 4) is 11.6 Å². The van der Waals surface area contributed by atoms with Crippen molar-refractivity contribution >= 4 is 39.7 Å². The topological polar surface area (TPSA) is 119 Å². The smallest absolute Gasteiger partial charge is 0.251 e. The molecule has 204 valence electrons. The lowest BCUT2D eigenvalue weighted by atomic mass is 10.1. The Hall–Kier alpha value is -5.16. The van der Waals surface area contributed by atoms with Gasteiger partial charge in [0, 0.05) is 16.8 Å². The van der Waals surface area contributed by atoms with Crippen LogP contribution in [-0.2, 0) is 22.7 Å². The van der Waals surface area contributed by atoms with Gasteiger partial charge >= 0.3 is 0 Å². The van der Waals surface area contributed by atoms with E-state index in [0.717, 1.165) is 16.5 Å². The number of pyridine rings is 1. The van der Waals surface area contributed by atoms with E-state index >= 15 is 0 Å². The van der Waals surface area contributed by atoms with Gasteiger partial charge in [0.25, 0.3) is 5.91 Å². The first-order valence-corrected chi connectivity index (χ1v) is 13.8. The van der Waals surface area contributed by atoms with Crippen molar-refractivity contribution in [2.45, 2.75) is 26.1 Å². The fourth-order valence-electron chi connectivity index (χ4n) is 4.49. The van der Waals surface area contributed by atoms with Gasteiger partial charge in [-0.15, -0.1) is 21.5 Å². The van der Waals surface area contributed by atoms with Crippen LogP contribution in [-0.4, -0.2) is 37.0 Å². The number of thiophene rings is 1. The molecule has 0 saturated carbocycles. The summed E-state index contributed by atoms with van der Waals surface area (Å²) in [4.78, 5) is 35.9. The van der Waals surface area contributed by atoms with Crippen LogP contribution in [0.1, 0.15) is 22.2 Å². The van der Waals surface area contributed by atoms with Crippen LogP contribution in [0.4, 0.5) is 5.69 Å². The molecule has 1 N–H and O–H groups in total. The van der Waals surface area contributed by atoms with E-state index in [1.807, 2.05) is 85.1 Å². The van der Waals surface area contributed by atoms with Crippen molar-refractivity contribution in [1.29, 1.82) is 0 Å². The average molecular weight is 564 g/mol. The van der Waals surface area contributed by atoms with Gasteiger partial charge in [-0.05, 0) is 53.4 Å². The number of nitrogens with one attached hydrogen (secondary N) is 1. The number of anilines is 1. The number of hydrogen-bond donors (Lipinski definition) is 1. The van der Waals surface area contributed by atoms with Crippen LogP contribution in [0.3, 0.4) is 0 Å². The summed E-state index contributed by atoms with van der Waals surface area (Å²) in [6.07, 6.45) is 1.61. The third kappa shape index (κ3) is 5.75. The molecule has 0 saturated heterocycles. The van der Waals surface area contributed by atoms with E-state index in [1.165, 1.54) is 21.0 Å². The van der Waals surface area contributed by atoms with E-state index < -0.39 is 11.9 Å². The predicted molar refractivity (Wildman–Crippen MR) is 155 cm³/mol. The van der Waals surface area contributed by atoms with Crippen LogP contribution in [0.2, 0.25) is 0 Å². The lowest BCUT2D eigenvalue weighted by Gasteiger charge is -2.30. The zero-order chi connectivity index (χ0) is 28.2. The molecule has 4 aromatic heterocycles. The Morgan fingerprint density at radius 2 is 1.85 bits per heavy atom. The molecule has 0 aliphatic heterocycles. The summed E-state index contributed by atoms with van der Waals surface area (Å²) in [5, 5.41) is 18.2. The number of tetrazole rings is 1. The number of hydrogen-bond acceptors (Lipinski definition) is 8. The van der Waals surface area contributed by atoms with Gasteiger partial charge < -0.3 is 9.73 Å². The van der Waals surface area contributed by atoms with Crippen LogP contribution in [0.15, 0.2) is 101 Å². The number of benzene rings is 2. The molecule has 4 heterocycles. The number of aromatic nitrogens is 5. The summed E-state index contributed by atoms with van der Waals surface area (Å²) in [5.41, 5.74) is 2.20. The lowest BCUT2D eigenvalue weighted by molar-refractivity contribution is -0.127. The van der Waals surface area contributed by atoms with Gasteiger partial charge in [-0.1, -0.05) is 54.6 Å². The molecular formula is C30H25N7O3S. The Balaban J connectivity index is 1.36. The van der Waals surface area contributed by atoms with Crippen LogP contribution < -0.4 is 10.2 Å². The molecule has 0 bridgehead atoms. The van der Waals surface area contributed by atoms with Gasteiger partial charge in [0.2, 0.25) is 11.7 Å². The normalized spacial score (nSPS) is 11.8. The van der Waals surface area contributed by atoms with E-state index in [2.05, 4.69) is 25.7 Å². The number of nitrogens with zero attached hydrogens (tertiary/aromatic N) is 6. The largest absolute Gasteiger partial charge is 0.458 e. The number of aryl methyl sites for hydroxylation is 1. The summed E-state index contributed by atoms with van der Waals surface area (Å²) >= 11 is 1.40. The molecule has 6 aromatic rings. The second-order valence-electron chi connectivity index (χ2n) is 9.33. The molecule has 0 radical (unpaired) electrons. The molecule has 41 heavy (non-hydrogen) atoms. The highest BCUT2D eigenvalue weighted by molar-refractivity contribution is 7.10. The van der Waals surface area contributed by atoms with Crippen molar-refractivity contribution in [3.63, 3.8) is 0 Å². The molecule has 6 rings (SSSR count). The molecule has 1 unspecified atom stereocenters. The third-order valence-corrected chi connectivity index (χ3v) is 7.37. The van der Waals surface area contributed by atoms with Crippen LogP contribution in [0.5, 0.6) is 0 Å². The van der Waals surface area contributed by atoms with Gasteiger partial charge in [-0.2, -0.15) is 4.80 Å². The maximum Gasteiger partial charge on any atom is 0.251 e. The Morgan fingerprint density at radius 1 is 1.02 bits per heavy atom. The Kier molecular flexibility index (Phi) is 7.33. The average Bonchev–Trinajstić information content (AvgIpc) is 3.78. The summed E-state index contributed by atoms with van der Waals surface area (Å²) in [7, 11) is 0. The van der Waals surface area contributed by atoms with Crippen LogP contribution in [0, 0.1) is 6.92 Å². The minimum atomic E-state index is -0.954. The first-order valence-electron chi connectivity index (χ1n) is 12.9. The van der Waals surface area contributed by atoms with Crippen molar-refractivity contribution < 1.29 is 14.0 Å². The lowest BCUT2D eigenvalue weighted by Crippen LogP contribution is -2.45. The second kappa shape index (κ2) is 11.5. The minimum absolute atomic E-state index is 0.257. The number of amides is 2. The van der Waals surface area contributed by atoms with E-state index in [-0.39, 0.29) is 18.3 Å². The molecule has 0 aliphatic rings. The van der Waals surface area contributed by atoms with Gasteiger partial charge in [0.1, 0.15) is 18.3 Å². The second-order valence-corrected chi connectivity index (χ2v) is 10.3. The van der Waals surface area contributed by atoms with E-state index in [0.29, 0.717) is 28.6 Å². The molecule has 2 aromatic carbocycles. The Morgan fingerprint density at radius 3 is 2.63 bits per heavy atom. The van der Waals surface area contributed by atoms with Crippen molar-refractivity contribution in [3.05, 3.63) is 113 Å². The Labute approximate surface area is 239 Å². The highest BCUT2D eigenvalue weighted by Crippen LogP contribution is 2.32. The van der Waals surface area contributed by atoms with Gasteiger partial charge in [-0.25, -0.2) is 0 Å². The number of carbonyl (C=O) groups is 2. The molecule has 0 aliphatic carbocycles. The quantitative estimate of drug-likeness (QED) is 0.265. The fraction of sp³-hybridized carbons (Fsp3) is 0.133. The van der Waals surface area contributed by atoms with Crippen LogP contribution >= 0.6 is 11.3 Å². The zero-order valence-electron chi connectivity index (χ0n) is 22.0. The number of fused-ring (bicyclic) bond motifs is 1. The maximum absolute atomic E-state index is 14.1. The van der Waals surface area contributed by atoms with Gasteiger partial charge in [0.15, 0.2) is 5.76 Å². The number of rotatable bonds is 9. The van der Waals surface area contributed by atoms with E-state index in [1.54, 1.807) is 18.3 Å². The van der Waals surface area contributed by atoms with Crippen LogP contribution in [0.25, 0.3) is 22.5 Å². The number of carbonyl (C=O) groups excluding carboxylic acids is 2. The first kappa shape index (κ1) is 26.1. The highest BCUT2D eigenvalue weighted by atomic mass is 32.1. The monoisotopic (exact) mass is 563 g/mol. The zero-order valence-corrected chi connectivity index (χ0v) is 22.9. The fourth-order valence-corrected chi connectivity index (χ4v) is 5.30. The molecular weight excluding hydrogens is 538 g/mol. The van der Waals surface area contributed by atoms with Crippen molar-refractivity contribution in [1.82, 2.24) is 30.5 Å². The summed E-state index contributed by atoms with van der Waals surface area (Å²) in [6.45, 7) is 1.88. The first-order chi connectivity index (χ1) is 20.0. The highest BCUT2D eigenvalue weighted by Gasteiger charge is 2.34. The molecule has 11 heteroatoms. The van der Waals surface area contributed by atoms with E-state index in [9.17, 15) is 9.59 Å². The Bertz CT molecular complexity index is 1800. The number of furan rings is 1. The summed E-state index contributed by atoms with van der Waals surface area (Å²) in [5.74, 6) is 0.697. The van der Waals surface area contributed by atoms with Crippen molar-refractivity contribution in [2.75, 3.05) is 4.90 Å². The molecule has 0 fully saturated rings. The molecule has 2 amide bonds. The summed E-state index contributed by atoms with van der Waals surface area (Å²) < 4.78 is 5.59. The third-order valence-electron chi connectivity index (χ3n) is 6.44. The van der Waals surface area contributed by atoms with Gasteiger partial charge in [-0.3, -0.25) is 19.5 Å². The SMILES string of the molecule is Cc1ccc(-c2nnn(CC(=O)N(c3cnc4ccccc4c3)C(C(=O)NCc3ccccc3)c3cccs3)n2)o1. The maximum atomic E-state index is 14.1. The molecule has 1 atom stereocenters. The molecule has 10 nitrogen and oxygen atoms in total. The molecule has 0 spiro atoms. The van der Waals surface area contributed by atoms with Crippen molar-refractivity contribution in [2.24, 2.45) is 0 Å².